The summed E-state index contributed by atoms with van der Waals surface area (Å²) in [7, 11) is 0. The third kappa shape index (κ3) is 7.67. The van der Waals surface area contributed by atoms with E-state index in [1.165, 1.54) is 12.0 Å². The van der Waals surface area contributed by atoms with Crippen molar-refractivity contribution in [2.24, 2.45) is 0 Å². The average molecular weight is 340 g/mol. The van der Waals surface area contributed by atoms with Crippen LogP contribution in [0.5, 0.6) is 0 Å². The molecule has 0 aromatic heterocycles. The van der Waals surface area contributed by atoms with Gasteiger partial charge in [0.1, 0.15) is 0 Å². The van der Waals surface area contributed by atoms with Crippen molar-refractivity contribution in [3.8, 4) is 0 Å². The van der Waals surface area contributed by atoms with Crippen LogP contribution < -0.4 is 30.1 Å². The maximum Gasteiger partial charge on any atom is 0.0594 e. The van der Waals surface area contributed by atoms with Crippen molar-refractivity contribution in [2.45, 2.75) is 13.0 Å². The molecule has 0 atom stereocenters. The second-order valence-electron chi connectivity index (χ2n) is 4.61. The quantitative estimate of drug-likeness (QED) is 0.538. The van der Waals surface area contributed by atoms with Crippen LogP contribution in [0.15, 0.2) is 24.3 Å². The molecule has 0 unspecified atom stereocenters. The van der Waals surface area contributed by atoms with Gasteiger partial charge in [0.2, 0.25) is 0 Å². The lowest BCUT2D eigenvalue weighted by Gasteiger charge is -2.26. The molecule has 1 heterocycles. The molecule has 1 aliphatic rings. The van der Waals surface area contributed by atoms with Crippen molar-refractivity contribution in [3.63, 3.8) is 0 Å². The smallest absolute Gasteiger partial charge is 0.0594 e. The molecule has 1 fully saturated rings. The average Bonchev–Trinajstić information content (AvgIpc) is 2.40. The predicted octanol–water partition coefficient (Wildman–Crippen LogP) is -3.84. The minimum Gasteiger partial charge on any atom is -1.00 e. The fourth-order valence-corrected chi connectivity index (χ4v) is 2.34. The van der Waals surface area contributed by atoms with Crippen LogP contribution in [0.3, 0.4) is 0 Å². The molecule has 20 heavy (non-hydrogen) atoms. The molecule has 6 heteroatoms. The first-order valence-corrected chi connectivity index (χ1v) is 6.98. The van der Waals surface area contributed by atoms with E-state index in [2.05, 4.69) is 16.3 Å². The number of ether oxygens (including phenoxy) is 1. The number of benzene rings is 1. The molecule has 1 aromatic rings. The minimum absolute atomic E-state index is 0. The highest BCUT2D eigenvalue weighted by Gasteiger charge is 2.08. The van der Waals surface area contributed by atoms with E-state index in [0.717, 1.165) is 51.0 Å². The van der Waals surface area contributed by atoms with Crippen molar-refractivity contribution in [2.75, 3.05) is 39.4 Å². The van der Waals surface area contributed by atoms with Crippen LogP contribution in [0, 0.1) is 0 Å². The number of hydrogen-bond donors (Lipinski definition) is 1. The van der Waals surface area contributed by atoms with Gasteiger partial charge < -0.3 is 34.9 Å². The Labute approximate surface area is 138 Å². The van der Waals surface area contributed by atoms with E-state index >= 15 is 0 Å². The van der Waals surface area contributed by atoms with Gasteiger partial charge in [-0.15, -0.1) is 0 Å². The maximum atomic E-state index is 5.94. The van der Waals surface area contributed by atoms with Gasteiger partial charge in [-0.3, -0.25) is 4.90 Å². The van der Waals surface area contributed by atoms with Gasteiger partial charge in [0.05, 0.1) is 13.2 Å². The fourth-order valence-electron chi connectivity index (χ4n) is 2.13. The SMILES string of the molecule is Clc1cccc(CNCCCN2CCOCC2)c1.[Cl-].[Cl-]. The molecular formula is C14H21Cl3N2O-2. The first-order valence-electron chi connectivity index (χ1n) is 6.60. The first kappa shape index (κ1) is 20.0. The van der Waals surface area contributed by atoms with Crippen LogP contribution in [0.1, 0.15) is 12.0 Å². The molecule has 116 valence electrons. The lowest BCUT2D eigenvalue weighted by molar-refractivity contribution is -0.00100. The van der Waals surface area contributed by atoms with Gasteiger partial charge in [-0.2, -0.15) is 0 Å². The Hall–Kier alpha value is -0.0300. The Bertz CT molecular complexity index is 360. The number of nitrogens with one attached hydrogen (secondary N) is 1. The van der Waals surface area contributed by atoms with Gasteiger partial charge >= 0.3 is 0 Å². The summed E-state index contributed by atoms with van der Waals surface area (Å²) < 4.78 is 5.33. The monoisotopic (exact) mass is 338 g/mol. The summed E-state index contributed by atoms with van der Waals surface area (Å²) in [5.41, 5.74) is 1.24. The van der Waals surface area contributed by atoms with Crippen molar-refractivity contribution in [1.82, 2.24) is 10.2 Å². The van der Waals surface area contributed by atoms with Gasteiger partial charge in [-0.25, -0.2) is 0 Å². The van der Waals surface area contributed by atoms with Crippen molar-refractivity contribution in [3.05, 3.63) is 34.9 Å². The number of rotatable bonds is 6. The summed E-state index contributed by atoms with van der Waals surface area (Å²) in [6.07, 6.45) is 1.18. The maximum absolute atomic E-state index is 5.94. The van der Waals surface area contributed by atoms with Crippen LogP contribution >= 0.6 is 11.6 Å². The van der Waals surface area contributed by atoms with Crippen LogP contribution in [-0.2, 0) is 11.3 Å². The second kappa shape index (κ2) is 11.6. The molecule has 1 N–H and O–H groups in total. The number of nitrogens with zero attached hydrogens (tertiary/aromatic N) is 1. The Kier molecular flexibility index (Phi) is 11.6. The summed E-state index contributed by atoms with van der Waals surface area (Å²) in [5, 5.41) is 4.26. The van der Waals surface area contributed by atoms with Crippen LogP contribution in [0.25, 0.3) is 0 Å². The highest BCUT2D eigenvalue weighted by molar-refractivity contribution is 6.30. The zero-order valence-electron chi connectivity index (χ0n) is 11.5. The highest BCUT2D eigenvalue weighted by Crippen LogP contribution is 2.10. The van der Waals surface area contributed by atoms with Crippen LogP contribution in [-0.4, -0.2) is 44.3 Å². The Morgan fingerprint density at radius 3 is 2.65 bits per heavy atom. The summed E-state index contributed by atoms with van der Waals surface area (Å²) in [6.45, 7) is 7.02. The third-order valence-electron chi connectivity index (χ3n) is 3.15. The highest BCUT2D eigenvalue weighted by atomic mass is 35.5. The van der Waals surface area contributed by atoms with E-state index in [1.807, 2.05) is 18.2 Å². The summed E-state index contributed by atoms with van der Waals surface area (Å²) in [5.74, 6) is 0. The lowest BCUT2D eigenvalue weighted by atomic mass is 10.2. The number of hydrogen-bond acceptors (Lipinski definition) is 3. The van der Waals surface area contributed by atoms with Gasteiger partial charge in [0.15, 0.2) is 0 Å². The third-order valence-corrected chi connectivity index (χ3v) is 3.38. The molecule has 0 saturated carbocycles. The Balaban J connectivity index is 0.00000180. The number of morpholine rings is 1. The standard InChI is InChI=1S/C14H21ClN2O.2ClH/c15-14-4-1-3-13(11-14)12-16-5-2-6-17-7-9-18-10-8-17;;/h1,3-4,11,16H,2,5-10,12H2;2*1H/p-2. The molecule has 1 aromatic carbocycles. The molecule has 2 rings (SSSR count). The van der Waals surface area contributed by atoms with Gasteiger partial charge in [-0.1, -0.05) is 23.7 Å². The Morgan fingerprint density at radius 1 is 1.20 bits per heavy atom. The molecule has 0 radical (unpaired) electrons. The largest absolute Gasteiger partial charge is 1.00 e. The summed E-state index contributed by atoms with van der Waals surface area (Å²) >= 11 is 5.94. The fraction of sp³-hybridized carbons (Fsp3) is 0.571. The normalized spacial score (nSPS) is 15.2. The molecule has 0 bridgehead atoms. The molecule has 1 saturated heterocycles. The Morgan fingerprint density at radius 2 is 1.95 bits per heavy atom. The van der Waals surface area contributed by atoms with E-state index < -0.39 is 0 Å². The van der Waals surface area contributed by atoms with E-state index in [-0.39, 0.29) is 24.8 Å². The second-order valence-corrected chi connectivity index (χ2v) is 5.05. The molecule has 1 aliphatic heterocycles. The zero-order chi connectivity index (χ0) is 12.6. The van der Waals surface area contributed by atoms with Crippen molar-refractivity contribution in [1.29, 1.82) is 0 Å². The van der Waals surface area contributed by atoms with E-state index in [1.54, 1.807) is 0 Å². The zero-order valence-corrected chi connectivity index (χ0v) is 13.7. The molecular weight excluding hydrogens is 319 g/mol. The van der Waals surface area contributed by atoms with Gasteiger partial charge in [-0.05, 0) is 37.2 Å². The van der Waals surface area contributed by atoms with Crippen LogP contribution in [0.2, 0.25) is 5.02 Å². The van der Waals surface area contributed by atoms with E-state index in [9.17, 15) is 0 Å². The van der Waals surface area contributed by atoms with Crippen LogP contribution in [0.4, 0.5) is 0 Å². The van der Waals surface area contributed by atoms with Gasteiger partial charge in [0, 0.05) is 24.7 Å². The summed E-state index contributed by atoms with van der Waals surface area (Å²) in [6, 6.07) is 8.01. The molecule has 0 aliphatic carbocycles. The lowest BCUT2D eigenvalue weighted by Crippen LogP contribution is -3.00. The first-order chi connectivity index (χ1) is 8.84. The minimum atomic E-state index is 0. The molecule has 0 spiro atoms. The van der Waals surface area contributed by atoms with Crippen molar-refractivity contribution >= 4 is 11.6 Å². The van der Waals surface area contributed by atoms with Crippen molar-refractivity contribution < 1.29 is 29.6 Å². The van der Waals surface area contributed by atoms with Gasteiger partial charge in [0.25, 0.3) is 0 Å². The number of halogens is 3. The van der Waals surface area contributed by atoms with E-state index in [4.69, 9.17) is 16.3 Å². The van der Waals surface area contributed by atoms with E-state index in [0.29, 0.717) is 0 Å². The molecule has 3 nitrogen and oxygen atoms in total. The molecule has 0 amide bonds. The predicted molar refractivity (Wildman–Crippen MR) is 75.0 cm³/mol. The summed E-state index contributed by atoms with van der Waals surface area (Å²) in [4.78, 5) is 2.46. The topological polar surface area (TPSA) is 24.5 Å².